The minimum atomic E-state index is -0.615. The van der Waals surface area contributed by atoms with E-state index in [1.165, 1.54) is 23.1 Å². The number of benzene rings is 1. The van der Waals surface area contributed by atoms with E-state index in [0.717, 1.165) is 20.5 Å². The highest BCUT2D eigenvalue weighted by molar-refractivity contribution is 7.98. The number of hydrogen-bond donors (Lipinski definition) is 2. The van der Waals surface area contributed by atoms with Gasteiger partial charge in [-0.05, 0) is 29.8 Å². The average Bonchev–Trinajstić information content (AvgIpc) is 3.12. The topological polar surface area (TPSA) is 84.0 Å². The summed E-state index contributed by atoms with van der Waals surface area (Å²) in [6.07, 6.45) is 3.06. The molecule has 2 aromatic heterocycles. The second-order valence-electron chi connectivity index (χ2n) is 5.13. The third-order valence-corrected chi connectivity index (χ3v) is 5.21. The zero-order chi connectivity index (χ0) is 17.8. The fourth-order valence-corrected chi connectivity index (χ4v) is 3.56. The molecule has 0 aliphatic heterocycles. The number of aromatic amines is 1. The fraction of sp³-hybridized carbons (Fsp3) is 0.118. The maximum Gasteiger partial charge on any atom is 0.328 e. The Morgan fingerprint density at radius 2 is 2.04 bits per heavy atom. The number of hydrogen-bond acceptors (Lipinski definition) is 5. The van der Waals surface area contributed by atoms with Crippen molar-refractivity contribution in [2.45, 2.75) is 11.4 Å². The number of anilines is 1. The van der Waals surface area contributed by atoms with Gasteiger partial charge in [-0.2, -0.15) is 0 Å². The van der Waals surface area contributed by atoms with Gasteiger partial charge in [0.05, 0.1) is 12.2 Å². The number of carbonyl (C=O) groups is 1. The first-order valence-electron chi connectivity index (χ1n) is 7.39. The molecule has 0 atom stereocenters. The SMILES string of the molecule is CSc1ccccc1NC(=O)c1c[nH]c(=O)n(Cc2cccs2)c1=O. The molecule has 1 aromatic carbocycles. The Balaban J connectivity index is 1.93. The number of thioether (sulfide) groups is 1. The van der Waals surface area contributed by atoms with Gasteiger partial charge in [-0.15, -0.1) is 23.1 Å². The van der Waals surface area contributed by atoms with Gasteiger partial charge < -0.3 is 10.3 Å². The van der Waals surface area contributed by atoms with Crippen LogP contribution in [0.1, 0.15) is 15.2 Å². The summed E-state index contributed by atoms with van der Waals surface area (Å²) in [7, 11) is 0. The third-order valence-electron chi connectivity index (χ3n) is 3.55. The molecule has 0 radical (unpaired) electrons. The summed E-state index contributed by atoms with van der Waals surface area (Å²) >= 11 is 2.93. The van der Waals surface area contributed by atoms with Crippen LogP contribution in [-0.4, -0.2) is 21.7 Å². The number of nitrogens with one attached hydrogen (secondary N) is 2. The predicted molar refractivity (Wildman–Crippen MR) is 101 cm³/mol. The molecule has 25 heavy (non-hydrogen) atoms. The molecule has 0 aliphatic carbocycles. The van der Waals surface area contributed by atoms with Crippen molar-refractivity contribution in [3.05, 3.63) is 79.3 Å². The van der Waals surface area contributed by atoms with Gasteiger partial charge in [-0.25, -0.2) is 4.79 Å². The Bertz CT molecular complexity index is 1010. The number of H-pyrrole nitrogens is 1. The molecule has 0 spiro atoms. The number of carbonyl (C=O) groups excluding carboxylic acids is 1. The molecule has 3 aromatic rings. The lowest BCUT2D eigenvalue weighted by atomic mass is 10.2. The molecular formula is C17H15N3O3S2. The van der Waals surface area contributed by atoms with Gasteiger partial charge >= 0.3 is 5.69 Å². The van der Waals surface area contributed by atoms with Crippen LogP contribution in [-0.2, 0) is 6.54 Å². The van der Waals surface area contributed by atoms with Crippen LogP contribution >= 0.6 is 23.1 Å². The Hall–Kier alpha value is -2.58. The molecule has 2 N–H and O–H groups in total. The number of aromatic nitrogens is 2. The van der Waals surface area contributed by atoms with Crippen molar-refractivity contribution in [1.82, 2.24) is 9.55 Å². The van der Waals surface area contributed by atoms with Gasteiger partial charge in [0.2, 0.25) is 0 Å². The van der Waals surface area contributed by atoms with Crippen LogP contribution in [0.2, 0.25) is 0 Å². The number of amides is 1. The van der Waals surface area contributed by atoms with Crippen LogP contribution in [0.3, 0.4) is 0 Å². The highest BCUT2D eigenvalue weighted by atomic mass is 32.2. The van der Waals surface area contributed by atoms with E-state index in [4.69, 9.17) is 0 Å². The summed E-state index contributed by atoms with van der Waals surface area (Å²) < 4.78 is 1.03. The Morgan fingerprint density at radius 1 is 1.24 bits per heavy atom. The lowest BCUT2D eigenvalue weighted by Crippen LogP contribution is -2.39. The highest BCUT2D eigenvalue weighted by Gasteiger charge is 2.16. The van der Waals surface area contributed by atoms with Crippen molar-refractivity contribution in [1.29, 1.82) is 0 Å². The minimum absolute atomic E-state index is 0.105. The minimum Gasteiger partial charge on any atom is -0.321 e. The van der Waals surface area contributed by atoms with Crippen LogP contribution in [0, 0.1) is 0 Å². The van der Waals surface area contributed by atoms with E-state index >= 15 is 0 Å². The van der Waals surface area contributed by atoms with E-state index in [9.17, 15) is 14.4 Å². The van der Waals surface area contributed by atoms with E-state index < -0.39 is 17.2 Å². The molecule has 0 fully saturated rings. The molecule has 8 heteroatoms. The van der Waals surface area contributed by atoms with Crippen molar-refractivity contribution in [2.75, 3.05) is 11.6 Å². The standard InChI is InChI=1S/C17H15N3O3S2/c1-24-14-7-3-2-6-13(14)19-15(21)12-9-18-17(23)20(16(12)22)10-11-5-4-8-25-11/h2-9H,10H2,1H3,(H,18,23)(H,19,21). The Kier molecular flexibility index (Phi) is 5.20. The normalized spacial score (nSPS) is 10.6. The van der Waals surface area contributed by atoms with E-state index in [0.29, 0.717) is 5.69 Å². The molecule has 128 valence electrons. The fourth-order valence-electron chi connectivity index (χ4n) is 2.31. The van der Waals surface area contributed by atoms with Crippen LogP contribution in [0.15, 0.2) is 62.5 Å². The number of para-hydroxylation sites is 1. The first kappa shape index (κ1) is 17.2. The first-order valence-corrected chi connectivity index (χ1v) is 9.50. The van der Waals surface area contributed by atoms with Crippen molar-refractivity contribution in [3.63, 3.8) is 0 Å². The smallest absolute Gasteiger partial charge is 0.321 e. The summed E-state index contributed by atoms with van der Waals surface area (Å²) in [5, 5.41) is 4.60. The summed E-state index contributed by atoms with van der Waals surface area (Å²) in [5.74, 6) is -0.553. The molecule has 0 bridgehead atoms. The molecule has 0 unspecified atom stereocenters. The number of rotatable bonds is 5. The predicted octanol–water partition coefficient (Wildman–Crippen LogP) is 2.62. The lowest BCUT2D eigenvalue weighted by molar-refractivity contribution is 0.102. The number of nitrogens with zero attached hydrogens (tertiary/aromatic N) is 1. The van der Waals surface area contributed by atoms with Crippen molar-refractivity contribution >= 4 is 34.7 Å². The average molecular weight is 373 g/mol. The number of thiophene rings is 1. The second-order valence-corrected chi connectivity index (χ2v) is 7.01. The summed E-state index contributed by atoms with van der Waals surface area (Å²) in [5.41, 5.74) is -0.641. The summed E-state index contributed by atoms with van der Waals surface area (Å²) in [4.78, 5) is 41.3. The molecule has 0 saturated heterocycles. The lowest BCUT2D eigenvalue weighted by Gasteiger charge is -2.10. The zero-order valence-corrected chi connectivity index (χ0v) is 14.9. The Morgan fingerprint density at radius 3 is 2.76 bits per heavy atom. The molecule has 3 rings (SSSR count). The molecule has 0 saturated carbocycles. The van der Waals surface area contributed by atoms with Gasteiger partial charge in [0.25, 0.3) is 11.5 Å². The molecule has 0 aliphatic rings. The highest BCUT2D eigenvalue weighted by Crippen LogP contribution is 2.24. The largest absolute Gasteiger partial charge is 0.328 e. The van der Waals surface area contributed by atoms with Gasteiger partial charge in [0.15, 0.2) is 0 Å². The van der Waals surface area contributed by atoms with E-state index in [2.05, 4.69) is 10.3 Å². The van der Waals surface area contributed by atoms with Crippen molar-refractivity contribution in [2.24, 2.45) is 0 Å². The molecular weight excluding hydrogens is 358 g/mol. The van der Waals surface area contributed by atoms with Gasteiger partial charge in [0, 0.05) is 16.0 Å². The van der Waals surface area contributed by atoms with E-state index in [1.807, 2.05) is 35.9 Å². The van der Waals surface area contributed by atoms with Crippen molar-refractivity contribution < 1.29 is 4.79 Å². The van der Waals surface area contributed by atoms with E-state index in [-0.39, 0.29) is 12.1 Å². The van der Waals surface area contributed by atoms with Crippen LogP contribution in [0.4, 0.5) is 5.69 Å². The van der Waals surface area contributed by atoms with E-state index in [1.54, 1.807) is 12.1 Å². The molecule has 2 heterocycles. The zero-order valence-electron chi connectivity index (χ0n) is 13.3. The van der Waals surface area contributed by atoms with Gasteiger partial charge in [-0.1, -0.05) is 18.2 Å². The summed E-state index contributed by atoms with van der Waals surface area (Å²) in [6, 6.07) is 11.0. The van der Waals surface area contributed by atoms with Gasteiger partial charge in [0.1, 0.15) is 5.56 Å². The maximum atomic E-state index is 12.6. The quantitative estimate of drug-likeness (QED) is 0.674. The second kappa shape index (κ2) is 7.54. The monoisotopic (exact) mass is 373 g/mol. The third kappa shape index (κ3) is 3.75. The maximum absolute atomic E-state index is 12.6. The Labute approximate surface area is 151 Å². The first-order chi connectivity index (χ1) is 12.1. The van der Waals surface area contributed by atoms with Crippen LogP contribution in [0.5, 0.6) is 0 Å². The molecule has 6 nitrogen and oxygen atoms in total. The van der Waals surface area contributed by atoms with Crippen LogP contribution in [0.25, 0.3) is 0 Å². The van der Waals surface area contributed by atoms with Gasteiger partial charge in [-0.3, -0.25) is 14.2 Å². The van der Waals surface area contributed by atoms with Crippen LogP contribution < -0.4 is 16.6 Å². The van der Waals surface area contributed by atoms with Crippen molar-refractivity contribution in [3.8, 4) is 0 Å². The molecule has 1 amide bonds. The summed E-state index contributed by atoms with van der Waals surface area (Å²) in [6.45, 7) is 0.133.